The van der Waals surface area contributed by atoms with E-state index < -0.39 is 10.0 Å². The number of anilines is 1. The second-order valence-corrected chi connectivity index (χ2v) is 6.72. The van der Waals surface area contributed by atoms with Gasteiger partial charge in [0.2, 0.25) is 10.0 Å². The van der Waals surface area contributed by atoms with Crippen LogP contribution in [0.1, 0.15) is 17.0 Å². The molecule has 3 N–H and O–H groups in total. The summed E-state index contributed by atoms with van der Waals surface area (Å²) in [4.78, 5) is 0.266. The minimum absolute atomic E-state index is 0.266. The first-order valence-corrected chi connectivity index (χ1v) is 8.14. The molecule has 0 bridgehead atoms. The van der Waals surface area contributed by atoms with Crippen molar-refractivity contribution in [3.63, 3.8) is 0 Å². The number of hydrogen-bond donors (Lipinski definition) is 2. The zero-order chi connectivity index (χ0) is 15.6. The fourth-order valence-electron chi connectivity index (χ4n) is 2.23. The molecular formula is C14H20N4O2S. The Morgan fingerprint density at radius 3 is 2.38 bits per heavy atom. The molecule has 0 fully saturated rings. The number of hydrogen-bond acceptors (Lipinski definition) is 4. The zero-order valence-corrected chi connectivity index (χ0v) is 13.2. The number of aryl methyl sites for hydroxylation is 2. The van der Waals surface area contributed by atoms with E-state index in [0.717, 1.165) is 5.56 Å². The summed E-state index contributed by atoms with van der Waals surface area (Å²) in [5.41, 5.74) is 8.49. The Labute approximate surface area is 125 Å². The number of nitrogen functional groups attached to an aromatic ring is 1. The van der Waals surface area contributed by atoms with Crippen LogP contribution in [0.5, 0.6) is 0 Å². The first-order valence-electron chi connectivity index (χ1n) is 6.65. The van der Waals surface area contributed by atoms with Crippen LogP contribution < -0.4 is 10.5 Å². The summed E-state index contributed by atoms with van der Waals surface area (Å²) < 4.78 is 28.9. The summed E-state index contributed by atoms with van der Waals surface area (Å²) in [6, 6.07) is 7.40. The normalized spacial score (nSPS) is 11.8. The molecule has 1 aromatic carbocycles. The van der Waals surface area contributed by atoms with Crippen LogP contribution in [0.2, 0.25) is 0 Å². The highest BCUT2D eigenvalue weighted by Gasteiger charge is 2.23. The number of sulfonamides is 1. The van der Waals surface area contributed by atoms with Crippen LogP contribution in [0.3, 0.4) is 0 Å². The Bertz CT molecular complexity index is 733. The van der Waals surface area contributed by atoms with Gasteiger partial charge in [0.25, 0.3) is 0 Å². The Kier molecular flexibility index (Phi) is 4.34. The summed E-state index contributed by atoms with van der Waals surface area (Å²) in [6.45, 7) is 3.77. The number of aromatic nitrogens is 2. The highest BCUT2D eigenvalue weighted by atomic mass is 32.2. The molecule has 0 unspecified atom stereocenters. The molecule has 0 radical (unpaired) electrons. The molecule has 0 saturated heterocycles. The van der Waals surface area contributed by atoms with E-state index in [9.17, 15) is 8.42 Å². The SMILES string of the molecule is Cc1nn(C)c(C)c1S(=O)(=O)NCCc1ccc(N)cc1. The molecule has 1 heterocycles. The fraction of sp³-hybridized carbons (Fsp3) is 0.357. The van der Waals surface area contributed by atoms with Gasteiger partial charge in [0, 0.05) is 19.3 Å². The third-order valence-electron chi connectivity index (χ3n) is 3.40. The molecule has 6 nitrogen and oxygen atoms in total. The van der Waals surface area contributed by atoms with E-state index in [1.54, 1.807) is 37.7 Å². The lowest BCUT2D eigenvalue weighted by Gasteiger charge is -2.07. The van der Waals surface area contributed by atoms with Gasteiger partial charge < -0.3 is 5.73 Å². The van der Waals surface area contributed by atoms with E-state index in [1.165, 1.54) is 0 Å². The van der Waals surface area contributed by atoms with Crippen LogP contribution in [-0.4, -0.2) is 24.7 Å². The molecule has 2 aromatic rings. The average Bonchev–Trinajstić information content (AvgIpc) is 2.66. The second-order valence-electron chi connectivity index (χ2n) is 5.01. The lowest BCUT2D eigenvalue weighted by molar-refractivity contribution is 0.580. The highest BCUT2D eigenvalue weighted by molar-refractivity contribution is 7.89. The highest BCUT2D eigenvalue weighted by Crippen LogP contribution is 2.18. The molecular weight excluding hydrogens is 288 g/mol. The van der Waals surface area contributed by atoms with Gasteiger partial charge in [0.15, 0.2) is 0 Å². The van der Waals surface area contributed by atoms with Gasteiger partial charge in [-0.1, -0.05) is 12.1 Å². The fourth-order valence-corrected chi connectivity index (χ4v) is 3.70. The quantitative estimate of drug-likeness (QED) is 0.811. The van der Waals surface area contributed by atoms with Gasteiger partial charge in [-0.15, -0.1) is 0 Å². The third kappa shape index (κ3) is 3.43. The van der Waals surface area contributed by atoms with E-state index in [2.05, 4.69) is 9.82 Å². The van der Waals surface area contributed by atoms with E-state index in [0.29, 0.717) is 30.0 Å². The Morgan fingerprint density at radius 2 is 1.86 bits per heavy atom. The van der Waals surface area contributed by atoms with Crippen LogP contribution in [-0.2, 0) is 23.5 Å². The molecule has 1 aromatic heterocycles. The zero-order valence-electron chi connectivity index (χ0n) is 12.4. The van der Waals surface area contributed by atoms with Crippen molar-refractivity contribution in [3.05, 3.63) is 41.2 Å². The van der Waals surface area contributed by atoms with Crippen molar-refractivity contribution >= 4 is 15.7 Å². The van der Waals surface area contributed by atoms with Crippen molar-refractivity contribution in [3.8, 4) is 0 Å². The van der Waals surface area contributed by atoms with Crippen LogP contribution in [0.4, 0.5) is 5.69 Å². The number of benzene rings is 1. The predicted molar refractivity (Wildman–Crippen MR) is 82.4 cm³/mol. The minimum Gasteiger partial charge on any atom is -0.399 e. The maximum Gasteiger partial charge on any atom is 0.244 e. The Morgan fingerprint density at radius 1 is 1.24 bits per heavy atom. The van der Waals surface area contributed by atoms with Crippen molar-refractivity contribution in [2.75, 3.05) is 12.3 Å². The molecule has 0 atom stereocenters. The lowest BCUT2D eigenvalue weighted by atomic mass is 10.1. The first kappa shape index (κ1) is 15.5. The molecule has 0 amide bonds. The number of rotatable bonds is 5. The van der Waals surface area contributed by atoms with Gasteiger partial charge in [-0.3, -0.25) is 4.68 Å². The minimum atomic E-state index is -3.54. The summed E-state index contributed by atoms with van der Waals surface area (Å²) in [5, 5.41) is 4.14. The van der Waals surface area contributed by atoms with Crippen LogP contribution >= 0.6 is 0 Å². The van der Waals surface area contributed by atoms with E-state index in [4.69, 9.17) is 5.73 Å². The van der Waals surface area contributed by atoms with Gasteiger partial charge in [-0.25, -0.2) is 13.1 Å². The summed E-state index contributed by atoms with van der Waals surface area (Å²) in [5.74, 6) is 0. The second kappa shape index (κ2) is 5.87. The first-order chi connectivity index (χ1) is 9.81. The van der Waals surface area contributed by atoms with Crippen molar-refractivity contribution in [2.45, 2.75) is 25.2 Å². The predicted octanol–water partition coefficient (Wildman–Crippen LogP) is 1.14. The third-order valence-corrected chi connectivity index (χ3v) is 5.11. The molecule has 2 rings (SSSR count). The molecule has 0 aliphatic heterocycles. The monoisotopic (exact) mass is 308 g/mol. The molecule has 0 saturated carbocycles. The molecule has 21 heavy (non-hydrogen) atoms. The maximum absolute atomic E-state index is 12.3. The van der Waals surface area contributed by atoms with Crippen molar-refractivity contribution in [1.82, 2.24) is 14.5 Å². The lowest BCUT2D eigenvalue weighted by Crippen LogP contribution is -2.27. The van der Waals surface area contributed by atoms with Crippen LogP contribution in [0, 0.1) is 13.8 Å². The molecule has 114 valence electrons. The van der Waals surface area contributed by atoms with Gasteiger partial charge in [-0.05, 0) is 38.0 Å². The largest absolute Gasteiger partial charge is 0.399 e. The van der Waals surface area contributed by atoms with Crippen molar-refractivity contribution in [2.24, 2.45) is 7.05 Å². The van der Waals surface area contributed by atoms with E-state index in [-0.39, 0.29) is 4.90 Å². The summed E-state index contributed by atoms with van der Waals surface area (Å²) in [7, 11) is -1.81. The average molecular weight is 308 g/mol. The number of nitrogens with one attached hydrogen (secondary N) is 1. The summed E-state index contributed by atoms with van der Waals surface area (Å²) >= 11 is 0. The van der Waals surface area contributed by atoms with Crippen molar-refractivity contribution < 1.29 is 8.42 Å². The number of nitrogens with zero attached hydrogens (tertiary/aromatic N) is 2. The van der Waals surface area contributed by atoms with Gasteiger partial charge >= 0.3 is 0 Å². The smallest absolute Gasteiger partial charge is 0.244 e. The van der Waals surface area contributed by atoms with Crippen molar-refractivity contribution in [1.29, 1.82) is 0 Å². The Balaban J connectivity index is 2.06. The Hall–Kier alpha value is -1.86. The van der Waals surface area contributed by atoms with Gasteiger partial charge in [0.05, 0.1) is 11.4 Å². The van der Waals surface area contributed by atoms with Gasteiger partial charge in [0.1, 0.15) is 4.90 Å². The van der Waals surface area contributed by atoms with Crippen LogP contribution in [0.25, 0.3) is 0 Å². The topological polar surface area (TPSA) is 90.0 Å². The van der Waals surface area contributed by atoms with E-state index in [1.807, 2.05) is 12.1 Å². The van der Waals surface area contributed by atoms with E-state index >= 15 is 0 Å². The molecule has 0 aliphatic carbocycles. The maximum atomic E-state index is 12.3. The molecule has 7 heteroatoms. The van der Waals surface area contributed by atoms with Crippen LogP contribution in [0.15, 0.2) is 29.2 Å². The summed E-state index contributed by atoms with van der Waals surface area (Å²) in [6.07, 6.45) is 0.609. The molecule has 0 aliphatic rings. The number of nitrogens with two attached hydrogens (primary N) is 1. The van der Waals surface area contributed by atoms with Gasteiger partial charge in [-0.2, -0.15) is 5.10 Å². The standard InChI is InChI=1S/C14H20N4O2S/c1-10-14(11(2)18(3)17-10)21(19,20)16-9-8-12-4-6-13(15)7-5-12/h4-7,16H,8-9,15H2,1-3H3. The molecule has 0 spiro atoms.